The third-order valence-electron chi connectivity index (χ3n) is 2.35. The van der Waals surface area contributed by atoms with E-state index in [0.29, 0.717) is 11.3 Å². The highest BCUT2D eigenvalue weighted by atomic mass is 32.2. The van der Waals surface area contributed by atoms with Crippen molar-refractivity contribution in [1.29, 1.82) is 4.78 Å². The molecule has 0 aromatic carbocycles. The van der Waals surface area contributed by atoms with Crippen LogP contribution in [0.3, 0.4) is 0 Å². The summed E-state index contributed by atoms with van der Waals surface area (Å²) < 4.78 is 7.97. The van der Waals surface area contributed by atoms with E-state index in [9.17, 15) is 0 Å². The molecule has 1 rings (SSSR count). The third-order valence-corrected chi connectivity index (χ3v) is 4.27. The summed E-state index contributed by atoms with van der Waals surface area (Å²) in [5.74, 6) is 0.584. The Hall–Kier alpha value is -0.310. The van der Waals surface area contributed by atoms with Gasteiger partial charge in [-0.15, -0.1) is 0 Å². The Morgan fingerprint density at radius 3 is 2.69 bits per heavy atom. The smallest absolute Gasteiger partial charge is 0.0912 e. The van der Waals surface area contributed by atoms with Crippen LogP contribution >= 0.6 is 0 Å². The summed E-state index contributed by atoms with van der Waals surface area (Å²) in [6.07, 6.45) is 1.17. The Morgan fingerprint density at radius 1 is 1.62 bits per heavy atom. The maximum atomic E-state index is 7.97. The second-order valence-corrected chi connectivity index (χ2v) is 5.42. The standard InChI is InChI=1S/C10H20N2S/c1-5-6-12-9(4)7-13(11)10(12)8(2)3/h7-8,10-11H,5-6H2,1-4H3. The molecule has 2 nitrogen and oxygen atoms in total. The van der Waals surface area contributed by atoms with Gasteiger partial charge >= 0.3 is 0 Å². The van der Waals surface area contributed by atoms with Gasteiger partial charge in [-0.3, -0.25) is 4.78 Å². The highest BCUT2D eigenvalue weighted by Gasteiger charge is 2.29. The Labute approximate surface area is 83.9 Å². The normalized spacial score (nSPS) is 28.4. The molecule has 13 heavy (non-hydrogen) atoms. The van der Waals surface area contributed by atoms with Gasteiger partial charge in [-0.2, -0.15) is 0 Å². The Bertz CT molecular complexity index is 233. The lowest BCUT2D eigenvalue weighted by Gasteiger charge is -2.30. The fraction of sp³-hybridized carbons (Fsp3) is 0.800. The summed E-state index contributed by atoms with van der Waals surface area (Å²) in [5.41, 5.74) is 1.30. The zero-order valence-electron chi connectivity index (χ0n) is 9.00. The molecule has 0 aromatic heterocycles. The van der Waals surface area contributed by atoms with Gasteiger partial charge < -0.3 is 4.90 Å². The number of hydrogen-bond donors (Lipinski definition) is 1. The maximum Gasteiger partial charge on any atom is 0.0912 e. The molecule has 0 saturated heterocycles. The van der Waals surface area contributed by atoms with Gasteiger partial charge in [-0.05, 0) is 19.3 Å². The first-order chi connectivity index (χ1) is 6.07. The van der Waals surface area contributed by atoms with Crippen LogP contribution in [0.2, 0.25) is 0 Å². The van der Waals surface area contributed by atoms with Gasteiger partial charge in [-0.1, -0.05) is 31.5 Å². The molecule has 0 amide bonds. The summed E-state index contributed by atoms with van der Waals surface area (Å²) >= 11 is 0. The van der Waals surface area contributed by atoms with E-state index in [4.69, 9.17) is 4.78 Å². The molecular weight excluding hydrogens is 180 g/mol. The summed E-state index contributed by atoms with van der Waals surface area (Å²) in [6, 6.07) is 0. The van der Waals surface area contributed by atoms with E-state index in [-0.39, 0.29) is 10.7 Å². The van der Waals surface area contributed by atoms with Crippen LogP contribution in [0.5, 0.6) is 0 Å². The van der Waals surface area contributed by atoms with E-state index < -0.39 is 0 Å². The van der Waals surface area contributed by atoms with Gasteiger partial charge in [0.2, 0.25) is 0 Å². The summed E-state index contributed by atoms with van der Waals surface area (Å²) in [6.45, 7) is 9.87. The first-order valence-electron chi connectivity index (χ1n) is 4.96. The minimum atomic E-state index is -0.289. The van der Waals surface area contributed by atoms with Crippen molar-refractivity contribution in [3.8, 4) is 0 Å². The van der Waals surface area contributed by atoms with E-state index in [1.807, 2.05) is 0 Å². The molecule has 76 valence electrons. The largest absolute Gasteiger partial charge is 0.361 e. The number of nitrogens with one attached hydrogen (secondary N) is 1. The molecule has 0 bridgehead atoms. The molecule has 0 saturated carbocycles. The quantitative estimate of drug-likeness (QED) is 0.745. The average Bonchev–Trinajstić information content (AvgIpc) is 2.27. The van der Waals surface area contributed by atoms with Crippen LogP contribution in [0.25, 0.3) is 0 Å². The lowest BCUT2D eigenvalue weighted by Crippen LogP contribution is -2.35. The molecule has 1 aliphatic rings. The van der Waals surface area contributed by atoms with Crippen LogP contribution in [-0.4, -0.2) is 16.8 Å². The number of hydrogen-bond acceptors (Lipinski definition) is 2. The fourth-order valence-corrected chi connectivity index (χ4v) is 3.63. The van der Waals surface area contributed by atoms with Crippen LogP contribution in [0.4, 0.5) is 0 Å². The zero-order chi connectivity index (χ0) is 10.0. The fourth-order valence-electron chi connectivity index (χ4n) is 1.86. The van der Waals surface area contributed by atoms with E-state index >= 15 is 0 Å². The lowest BCUT2D eigenvalue weighted by molar-refractivity contribution is 0.282. The second-order valence-electron chi connectivity index (χ2n) is 3.96. The highest BCUT2D eigenvalue weighted by Crippen LogP contribution is 2.27. The summed E-state index contributed by atoms with van der Waals surface area (Å²) in [7, 11) is -0.289. The molecule has 3 heteroatoms. The van der Waals surface area contributed by atoms with Gasteiger partial charge in [0.1, 0.15) is 0 Å². The van der Waals surface area contributed by atoms with Gasteiger partial charge in [0.25, 0.3) is 0 Å². The second kappa shape index (κ2) is 4.27. The van der Waals surface area contributed by atoms with Gasteiger partial charge in [-0.25, -0.2) is 0 Å². The van der Waals surface area contributed by atoms with E-state index in [0.717, 1.165) is 6.54 Å². The van der Waals surface area contributed by atoms with Crippen molar-refractivity contribution in [3.63, 3.8) is 0 Å². The van der Waals surface area contributed by atoms with Crippen molar-refractivity contribution in [3.05, 3.63) is 11.1 Å². The van der Waals surface area contributed by atoms with Crippen LogP contribution in [0.1, 0.15) is 34.1 Å². The van der Waals surface area contributed by atoms with E-state index in [2.05, 4.69) is 38.0 Å². The number of nitrogens with zero attached hydrogens (tertiary/aromatic N) is 1. The molecule has 1 aliphatic heterocycles. The molecule has 1 heterocycles. The van der Waals surface area contributed by atoms with Crippen LogP contribution in [0, 0.1) is 10.7 Å². The molecule has 1 N–H and O–H groups in total. The molecule has 2 atom stereocenters. The van der Waals surface area contributed by atoms with Crippen molar-refractivity contribution in [2.45, 2.75) is 39.5 Å². The Morgan fingerprint density at radius 2 is 2.23 bits per heavy atom. The van der Waals surface area contributed by atoms with Gasteiger partial charge in [0.05, 0.1) is 5.37 Å². The summed E-state index contributed by atoms with van der Waals surface area (Å²) in [4.78, 5) is 2.40. The van der Waals surface area contributed by atoms with Crippen molar-refractivity contribution >= 4 is 10.7 Å². The summed E-state index contributed by atoms with van der Waals surface area (Å²) in [5, 5.41) is 2.54. The molecule has 2 unspecified atom stereocenters. The molecule has 0 aliphatic carbocycles. The average molecular weight is 200 g/mol. The Kier molecular flexibility index (Phi) is 3.54. The monoisotopic (exact) mass is 200 g/mol. The van der Waals surface area contributed by atoms with Gasteiger partial charge in [0.15, 0.2) is 0 Å². The molecular formula is C10H20N2S. The number of allylic oxidation sites excluding steroid dienone is 1. The van der Waals surface area contributed by atoms with E-state index in [1.54, 1.807) is 0 Å². The minimum Gasteiger partial charge on any atom is -0.361 e. The van der Waals surface area contributed by atoms with Crippen molar-refractivity contribution in [1.82, 2.24) is 4.90 Å². The topological polar surface area (TPSA) is 27.1 Å². The predicted molar refractivity (Wildman–Crippen MR) is 59.5 cm³/mol. The predicted octanol–water partition coefficient (Wildman–Crippen LogP) is 2.94. The lowest BCUT2D eigenvalue weighted by atomic mass is 10.2. The van der Waals surface area contributed by atoms with E-state index in [1.165, 1.54) is 12.1 Å². The zero-order valence-corrected chi connectivity index (χ0v) is 9.82. The third kappa shape index (κ3) is 2.13. The molecule has 0 radical (unpaired) electrons. The molecule has 0 spiro atoms. The van der Waals surface area contributed by atoms with Crippen molar-refractivity contribution in [2.24, 2.45) is 5.92 Å². The highest BCUT2D eigenvalue weighted by molar-refractivity contribution is 7.89. The maximum absolute atomic E-state index is 7.97. The number of rotatable bonds is 3. The van der Waals surface area contributed by atoms with Crippen molar-refractivity contribution < 1.29 is 0 Å². The first kappa shape index (κ1) is 10.8. The SMILES string of the molecule is CCCN1C(C)=CS(=N)C1C(C)C. The first-order valence-corrected chi connectivity index (χ1v) is 6.31. The van der Waals surface area contributed by atoms with Crippen molar-refractivity contribution in [2.75, 3.05) is 6.54 Å². The van der Waals surface area contributed by atoms with Gasteiger partial charge in [0, 0.05) is 17.6 Å². The van der Waals surface area contributed by atoms with Crippen LogP contribution in [-0.2, 0) is 10.7 Å². The molecule has 0 aromatic rings. The Balaban J connectivity index is 2.78. The molecule has 0 fully saturated rings. The van der Waals surface area contributed by atoms with Crippen LogP contribution < -0.4 is 0 Å². The minimum absolute atomic E-state index is 0.289. The van der Waals surface area contributed by atoms with Crippen LogP contribution in [0.15, 0.2) is 11.1 Å².